The quantitative estimate of drug-likeness (QED) is 0.0416. The van der Waals surface area contributed by atoms with Crippen LogP contribution in [0, 0.1) is 21.7 Å². The van der Waals surface area contributed by atoms with E-state index in [-0.39, 0.29) is 35.6 Å². The highest BCUT2D eigenvalue weighted by Crippen LogP contribution is 2.53. The molecule has 0 bridgehead atoms. The number of halogens is 9. The van der Waals surface area contributed by atoms with Gasteiger partial charge in [-0.1, -0.05) is 143 Å². The predicted octanol–water partition coefficient (Wildman–Crippen LogP) is 19.9. The van der Waals surface area contributed by atoms with Crippen LogP contribution in [0.3, 0.4) is 0 Å². The van der Waals surface area contributed by atoms with Crippen LogP contribution < -0.4 is 45.4 Å². The summed E-state index contributed by atoms with van der Waals surface area (Å²) >= 11 is 49.4. The van der Waals surface area contributed by atoms with Crippen LogP contribution >= 0.6 is 113 Å². The maximum Gasteiger partial charge on any atom is 0.490 e. The van der Waals surface area contributed by atoms with Crippen LogP contribution in [0.25, 0.3) is 65.9 Å². The molecule has 8 aromatic heterocycles. The second kappa shape index (κ2) is 46.3. The molecule has 8 aliphatic rings. The minimum atomic E-state index is -1.57. The molecule has 7 atom stereocenters. The minimum Gasteiger partial charge on any atom is -0.423 e. The molecule has 4 saturated heterocycles. The van der Waals surface area contributed by atoms with Gasteiger partial charge in [-0.3, -0.25) is 0 Å². The zero-order valence-corrected chi connectivity index (χ0v) is 88.2. The molecule has 0 radical (unpaired) electrons. The summed E-state index contributed by atoms with van der Waals surface area (Å²) in [5.74, 6) is 2.80. The molecule has 12 heterocycles. The highest BCUT2D eigenvalue weighted by molar-refractivity contribution is 9.11. The Morgan fingerprint density at radius 3 is 1.09 bits per heavy atom. The van der Waals surface area contributed by atoms with Gasteiger partial charge in [-0.15, -0.1) is 0 Å². The molecule has 8 fully saturated rings. The van der Waals surface area contributed by atoms with Crippen LogP contribution in [-0.4, -0.2) is 193 Å². The van der Waals surface area contributed by atoms with E-state index >= 15 is 0 Å². The van der Waals surface area contributed by atoms with E-state index < -0.39 is 40.1 Å². The first-order valence-corrected chi connectivity index (χ1v) is 53.3. The van der Waals surface area contributed by atoms with Crippen molar-refractivity contribution in [1.29, 1.82) is 0 Å². The standard InChI is InChI=1S/C26H31Cl2N5OS.C22H23Cl2N5.C20H28BrN5OS.C13H26N2OS.C7H3BrClN3.C6H5BCl2O2.CH4O/c1-25(2,3)35(34)32-21-8-5-9-26(21)10-12-33(13-11-26)24-19-14-29-16-31-23(19)18(15-30-24)17-6-4-7-20(27)22(17)28;23-17-4-1-3-14(19(17)24)15-12-27-21(16-11-26-13-28-20(15)16)29-9-7-22(8-10-29)6-2-5-18(22)25;1-19(2,3)28(27)25-16-5-4-6-20(16)7-9-26(10-8-20)18-14-11-22-13-24-17(14)15(21)12-23-18;1-12(2,3)17(16)15-11-5-4-6-13(11)7-9-14-10-8-13;8-5-2-11-7(9)4-1-10-3-12-6(4)5;8-5-3-1-2-4(6(5)9)7(10)11;1-2/h4,6-7,14-16,21,32H,5,8-13H2,1-3H3;1,3-4,11-13,18H,2,5-10,25H2;11-13,16,25H,4-10H2,1-3H3;11,14-15H,4-10H2,1-3H3;1-3H;1-3,10-11H;2H,1H3/t21-,35?;18-;16-,28?;11-,17?;;;/m1111.../s1. The summed E-state index contributed by atoms with van der Waals surface area (Å²) in [5.41, 5.74) is 14.5. The molecule has 4 aliphatic carbocycles. The summed E-state index contributed by atoms with van der Waals surface area (Å²) in [6.07, 6.45) is 44.0. The van der Waals surface area contributed by atoms with Gasteiger partial charge in [-0.25, -0.2) is 86.6 Å². The summed E-state index contributed by atoms with van der Waals surface area (Å²) in [4.78, 5) is 59.6. The van der Waals surface area contributed by atoms with Crippen LogP contribution in [0.15, 0.2) is 138 Å². The van der Waals surface area contributed by atoms with Gasteiger partial charge in [0, 0.05) is 148 Å². The van der Waals surface area contributed by atoms with Crippen molar-refractivity contribution >= 4 is 220 Å². The summed E-state index contributed by atoms with van der Waals surface area (Å²) in [5, 5.41) is 34.5. The first kappa shape index (κ1) is 106. The van der Waals surface area contributed by atoms with E-state index in [0.717, 1.165) is 210 Å². The van der Waals surface area contributed by atoms with Gasteiger partial charge in [-0.05, 0) is 250 Å². The van der Waals surface area contributed by atoms with Crippen molar-refractivity contribution in [3.05, 3.63) is 174 Å². The number of nitrogens with two attached hydrogens (primary N) is 1. The van der Waals surface area contributed by atoms with Gasteiger partial charge in [0.25, 0.3) is 0 Å². The van der Waals surface area contributed by atoms with Gasteiger partial charge in [0.05, 0.1) is 130 Å². The van der Waals surface area contributed by atoms with Crippen molar-refractivity contribution in [2.75, 3.05) is 74.2 Å². The number of hydrogen-bond donors (Lipinski definition) is 8. The van der Waals surface area contributed by atoms with Crippen molar-refractivity contribution in [1.82, 2.24) is 79.3 Å². The lowest BCUT2D eigenvalue weighted by molar-refractivity contribution is 0.175. The first-order valence-electron chi connectivity index (χ1n) is 45.6. The number of aliphatic hydroxyl groups is 1. The van der Waals surface area contributed by atoms with Crippen LogP contribution in [-0.2, 0) is 33.0 Å². The molecular formula is C95H120BBr2Cl7N20O6S3. The number of benzene rings is 3. The molecule has 134 heavy (non-hydrogen) atoms. The van der Waals surface area contributed by atoms with Crippen molar-refractivity contribution in [2.45, 2.75) is 229 Å². The highest BCUT2D eigenvalue weighted by atomic mass is 79.9. The van der Waals surface area contributed by atoms with Crippen LogP contribution in [0.2, 0.25) is 35.3 Å². The lowest BCUT2D eigenvalue weighted by Crippen LogP contribution is -2.51. The maximum atomic E-state index is 12.8. The van der Waals surface area contributed by atoms with E-state index in [1.807, 2.05) is 124 Å². The molecule has 9 N–H and O–H groups in total. The summed E-state index contributed by atoms with van der Waals surface area (Å²) in [6, 6.07) is 17.3. The number of nitrogens with zero attached hydrogens (tertiary/aromatic N) is 15. The number of piperidine rings is 4. The third kappa shape index (κ3) is 24.5. The largest absolute Gasteiger partial charge is 0.490 e. The topological polar surface area (TPSA) is 350 Å². The van der Waals surface area contributed by atoms with E-state index in [2.05, 4.69) is 116 Å². The SMILES string of the molecule is CC(C)(C)S(=O)N[C@@H]1CCCC12CCN(c1ncc(-c3cccc(Cl)c3Cl)c3ncncc13)CC2.CC(C)(C)S(=O)N[C@@H]1CCCC12CCN(c1ncc(Br)c3ncncc13)CC2.CC(C)(C)S(=O)N[C@@H]1CCCC12CCNCC2.CO.Clc1ncc(Br)c2ncncc12.N[C@@H]1CCCC12CCN(c1ncc(-c3cccc(Cl)c3Cl)c3ncncc13)CC2.OB(O)c1cccc(Cl)c1Cl. The normalized spacial score (nSPS) is 20.7. The molecule has 39 heteroatoms. The van der Waals surface area contributed by atoms with Crippen LogP contribution in [0.1, 0.15) is 191 Å². The monoisotopic (exact) mass is 2150 g/mol. The van der Waals surface area contributed by atoms with Crippen molar-refractivity contribution in [3.63, 3.8) is 0 Å². The molecule has 19 rings (SSSR count). The zero-order chi connectivity index (χ0) is 96.2. The molecular weight excluding hydrogens is 2030 g/mol. The fraction of sp³-hybridized carbons (Fsp3) is 0.516. The first-order chi connectivity index (χ1) is 63.9. The summed E-state index contributed by atoms with van der Waals surface area (Å²) in [7, 11) is -3.57. The lowest BCUT2D eigenvalue weighted by atomic mass is 9.74. The Kier molecular flexibility index (Phi) is 36.5. The van der Waals surface area contributed by atoms with Crippen molar-refractivity contribution in [2.24, 2.45) is 27.4 Å². The van der Waals surface area contributed by atoms with E-state index in [1.54, 1.807) is 55.6 Å². The highest BCUT2D eigenvalue weighted by Gasteiger charge is 2.50. The lowest BCUT2D eigenvalue weighted by Gasteiger charge is -2.44. The van der Waals surface area contributed by atoms with Gasteiger partial charge in [0.1, 0.15) is 47.9 Å². The Hall–Kier alpha value is -5.80. The fourth-order valence-corrected chi connectivity index (χ4v) is 25.1. The van der Waals surface area contributed by atoms with E-state index in [1.165, 1.54) is 83.0 Å². The Morgan fingerprint density at radius 2 is 0.724 bits per heavy atom. The van der Waals surface area contributed by atoms with Gasteiger partial charge >= 0.3 is 7.12 Å². The minimum absolute atomic E-state index is 0.156. The number of hydrogen-bond acceptors (Lipinski definition) is 23. The molecule has 3 unspecified atom stereocenters. The molecule has 26 nitrogen and oxygen atoms in total. The molecule has 720 valence electrons. The summed E-state index contributed by atoms with van der Waals surface area (Å²) < 4.78 is 49.2. The van der Waals surface area contributed by atoms with E-state index in [4.69, 9.17) is 112 Å². The molecule has 4 aliphatic heterocycles. The molecule has 0 amide bonds. The number of anilines is 3. The third-order valence-corrected chi connectivity index (χ3v) is 36.4. The van der Waals surface area contributed by atoms with Gasteiger partial charge in [0.15, 0.2) is 0 Å². The fourth-order valence-electron chi connectivity index (χ4n) is 20.0. The van der Waals surface area contributed by atoms with E-state index in [0.29, 0.717) is 65.3 Å². The molecule has 4 spiro atoms. The molecule has 3 aromatic carbocycles. The van der Waals surface area contributed by atoms with Gasteiger partial charge in [-0.2, -0.15) is 0 Å². The average molecular weight is 2150 g/mol. The number of rotatable bonds is 12. The number of aromatic nitrogens is 12. The summed E-state index contributed by atoms with van der Waals surface area (Å²) in [6.45, 7) is 26.2. The third-order valence-electron chi connectivity index (χ3n) is 27.6. The number of nitrogens with one attached hydrogen (secondary N) is 4. The number of fused-ring (bicyclic) bond motifs is 4. The zero-order valence-electron chi connectivity index (χ0n) is 77.3. The number of pyridine rings is 4. The van der Waals surface area contributed by atoms with Crippen LogP contribution in [0.4, 0.5) is 17.5 Å². The average Bonchev–Trinajstić information content (AvgIpc) is 1.42. The van der Waals surface area contributed by atoms with E-state index in [9.17, 15) is 12.6 Å². The Bertz CT molecular complexity index is 5930. The van der Waals surface area contributed by atoms with Crippen LogP contribution in [0.5, 0.6) is 0 Å². The Labute approximate surface area is 845 Å². The Balaban J connectivity index is 0.000000142. The smallest absolute Gasteiger partial charge is 0.423 e. The van der Waals surface area contributed by atoms with Crippen molar-refractivity contribution < 1.29 is 27.8 Å². The Morgan fingerprint density at radius 1 is 0.403 bits per heavy atom. The van der Waals surface area contributed by atoms with Gasteiger partial charge in [0.2, 0.25) is 0 Å². The second-order valence-corrected chi connectivity index (χ2v) is 49.1. The number of aliphatic hydroxyl groups excluding tert-OH is 1. The molecule has 4 saturated carbocycles. The molecule has 11 aromatic rings. The maximum absolute atomic E-state index is 12.8. The van der Waals surface area contributed by atoms with Crippen molar-refractivity contribution in [3.8, 4) is 22.3 Å². The predicted molar refractivity (Wildman–Crippen MR) is 559 cm³/mol. The second-order valence-electron chi connectivity index (χ2n) is 38.7. The van der Waals surface area contributed by atoms with Gasteiger partial charge < -0.3 is 40.9 Å².